The fourth-order valence-electron chi connectivity index (χ4n) is 4.81. The van der Waals surface area contributed by atoms with Gasteiger partial charge in [0.2, 0.25) is 0 Å². The van der Waals surface area contributed by atoms with Crippen molar-refractivity contribution >= 4 is 16.9 Å². The van der Waals surface area contributed by atoms with E-state index in [4.69, 9.17) is 0 Å². The molecule has 1 aromatic heterocycles. The van der Waals surface area contributed by atoms with Crippen molar-refractivity contribution in [3.05, 3.63) is 94.9 Å². The summed E-state index contributed by atoms with van der Waals surface area (Å²) in [5, 5.41) is 3.09. The number of piperidine rings is 1. The van der Waals surface area contributed by atoms with Gasteiger partial charge in [-0.1, -0.05) is 60.7 Å². The molecule has 0 radical (unpaired) electrons. The second-order valence-electron chi connectivity index (χ2n) is 8.56. The Labute approximate surface area is 192 Å². The fraction of sp³-hybridized carbons (Fsp3) is 0.259. The summed E-state index contributed by atoms with van der Waals surface area (Å²) in [5.41, 5.74) is 4.52. The zero-order valence-electron chi connectivity index (χ0n) is 18.5. The van der Waals surface area contributed by atoms with Crippen molar-refractivity contribution in [3.63, 3.8) is 0 Å². The van der Waals surface area contributed by atoms with Crippen molar-refractivity contribution in [2.75, 3.05) is 26.2 Å². The van der Waals surface area contributed by atoms with Crippen LogP contribution < -0.4 is 11.0 Å². The third-order valence-corrected chi connectivity index (χ3v) is 6.52. The van der Waals surface area contributed by atoms with Crippen molar-refractivity contribution in [3.8, 4) is 11.1 Å². The molecular weight excluding hydrogens is 412 g/mol. The number of amides is 1. The van der Waals surface area contributed by atoms with E-state index in [2.05, 4.69) is 15.2 Å². The molecule has 1 saturated heterocycles. The van der Waals surface area contributed by atoms with Gasteiger partial charge in [0.15, 0.2) is 0 Å². The molecule has 2 N–H and O–H groups in total. The summed E-state index contributed by atoms with van der Waals surface area (Å²) in [5.74, 6) is -0.0466. The largest absolute Gasteiger partial charge is 0.351 e. The Balaban J connectivity index is 1.16. The highest BCUT2D eigenvalue weighted by molar-refractivity contribution is 6.00. The number of nitrogens with zero attached hydrogens (tertiary/aromatic N) is 2. The van der Waals surface area contributed by atoms with Crippen LogP contribution in [0.2, 0.25) is 0 Å². The van der Waals surface area contributed by atoms with Crippen molar-refractivity contribution in [1.29, 1.82) is 0 Å². The number of carbonyl (C=O) groups excluding carboxylic acids is 1. The fourth-order valence-corrected chi connectivity index (χ4v) is 4.81. The number of fused-ring (bicyclic) bond motifs is 1. The molecule has 0 atom stereocenters. The highest BCUT2D eigenvalue weighted by Crippen LogP contribution is 2.25. The van der Waals surface area contributed by atoms with E-state index in [0.717, 1.165) is 54.6 Å². The van der Waals surface area contributed by atoms with E-state index < -0.39 is 0 Å². The average Bonchev–Trinajstić information content (AvgIpc) is 3.20. The van der Waals surface area contributed by atoms with Gasteiger partial charge in [-0.25, -0.2) is 4.79 Å². The van der Waals surface area contributed by atoms with Crippen LogP contribution in [0.1, 0.15) is 29.2 Å². The van der Waals surface area contributed by atoms with E-state index in [1.54, 1.807) is 0 Å². The maximum absolute atomic E-state index is 12.9. The topological polar surface area (TPSA) is 70.1 Å². The quantitative estimate of drug-likeness (QED) is 0.475. The van der Waals surface area contributed by atoms with Crippen LogP contribution in [0.4, 0.5) is 0 Å². The first-order chi connectivity index (χ1) is 16.2. The number of imidazole rings is 1. The number of benzene rings is 3. The number of nitrogens with one attached hydrogen (secondary N) is 2. The smallest absolute Gasteiger partial charge is 0.326 e. The van der Waals surface area contributed by atoms with Crippen LogP contribution in [0, 0.1) is 0 Å². The van der Waals surface area contributed by atoms with Gasteiger partial charge >= 0.3 is 5.69 Å². The lowest BCUT2D eigenvalue weighted by Gasteiger charge is -2.32. The molecule has 1 aliphatic rings. The molecule has 3 aromatic carbocycles. The van der Waals surface area contributed by atoms with Gasteiger partial charge in [0.25, 0.3) is 5.91 Å². The molecule has 4 aromatic rings. The molecule has 2 heterocycles. The van der Waals surface area contributed by atoms with E-state index in [1.807, 2.05) is 83.4 Å². The van der Waals surface area contributed by atoms with Crippen LogP contribution in [0.25, 0.3) is 22.2 Å². The third-order valence-electron chi connectivity index (χ3n) is 6.52. The monoisotopic (exact) mass is 440 g/mol. The average molecular weight is 441 g/mol. The standard InChI is InChI=1S/C27H28N4O2/c32-26(23-11-5-4-10-22(23)20-8-2-1-3-9-20)28-16-19-30-17-14-21(15-18-30)31-25-13-7-6-12-24(25)29-27(31)33/h1-13,21H,14-19H2,(H,28,32)(H,29,33). The molecule has 1 fully saturated rings. The lowest BCUT2D eigenvalue weighted by molar-refractivity contribution is 0.0945. The Morgan fingerprint density at radius 1 is 0.909 bits per heavy atom. The normalized spacial score (nSPS) is 15.0. The van der Waals surface area contributed by atoms with E-state index in [0.29, 0.717) is 12.1 Å². The molecule has 0 bridgehead atoms. The zero-order chi connectivity index (χ0) is 22.6. The number of hydrogen-bond acceptors (Lipinski definition) is 3. The summed E-state index contributed by atoms with van der Waals surface area (Å²) < 4.78 is 1.91. The van der Waals surface area contributed by atoms with E-state index >= 15 is 0 Å². The van der Waals surface area contributed by atoms with Crippen LogP contribution >= 0.6 is 0 Å². The summed E-state index contributed by atoms with van der Waals surface area (Å²) in [4.78, 5) is 30.7. The van der Waals surface area contributed by atoms with E-state index in [1.165, 1.54) is 0 Å². The number of carbonyl (C=O) groups is 1. The van der Waals surface area contributed by atoms with Gasteiger partial charge in [0, 0.05) is 37.8 Å². The SMILES string of the molecule is O=C(NCCN1CCC(n2c(=O)[nH]c3ccccc32)CC1)c1ccccc1-c1ccccc1. The predicted molar refractivity (Wildman–Crippen MR) is 131 cm³/mol. The number of para-hydroxylation sites is 2. The second-order valence-corrected chi connectivity index (χ2v) is 8.56. The Bertz CT molecular complexity index is 1300. The molecule has 33 heavy (non-hydrogen) atoms. The van der Waals surface area contributed by atoms with Gasteiger partial charge in [0.05, 0.1) is 11.0 Å². The van der Waals surface area contributed by atoms with Crippen LogP contribution in [-0.4, -0.2) is 46.5 Å². The van der Waals surface area contributed by atoms with Crippen LogP contribution in [-0.2, 0) is 0 Å². The first kappa shape index (κ1) is 21.2. The molecular formula is C27H28N4O2. The maximum Gasteiger partial charge on any atom is 0.326 e. The van der Waals surface area contributed by atoms with Gasteiger partial charge in [0.1, 0.15) is 0 Å². The Morgan fingerprint density at radius 2 is 1.61 bits per heavy atom. The minimum absolute atomic E-state index is 0.0287. The predicted octanol–water partition coefficient (Wildman–Crippen LogP) is 4.06. The summed E-state index contributed by atoms with van der Waals surface area (Å²) >= 11 is 0. The van der Waals surface area contributed by atoms with Crippen LogP contribution in [0.3, 0.4) is 0 Å². The Hall–Kier alpha value is -3.64. The zero-order valence-corrected chi connectivity index (χ0v) is 18.5. The lowest BCUT2D eigenvalue weighted by atomic mass is 9.99. The third kappa shape index (κ3) is 4.47. The van der Waals surface area contributed by atoms with Gasteiger partial charge in [-0.3, -0.25) is 9.36 Å². The minimum atomic E-state index is -0.0466. The number of aromatic amines is 1. The molecule has 168 valence electrons. The highest BCUT2D eigenvalue weighted by Gasteiger charge is 2.23. The number of hydrogen-bond donors (Lipinski definition) is 2. The molecule has 5 rings (SSSR count). The van der Waals surface area contributed by atoms with Gasteiger partial charge in [-0.2, -0.15) is 0 Å². The Morgan fingerprint density at radius 3 is 2.42 bits per heavy atom. The molecule has 0 unspecified atom stereocenters. The van der Waals surface area contributed by atoms with Crippen molar-refractivity contribution < 1.29 is 4.79 Å². The highest BCUT2D eigenvalue weighted by atomic mass is 16.2. The first-order valence-electron chi connectivity index (χ1n) is 11.5. The van der Waals surface area contributed by atoms with Crippen molar-refractivity contribution in [2.24, 2.45) is 0 Å². The molecule has 0 spiro atoms. The van der Waals surface area contributed by atoms with E-state index in [-0.39, 0.29) is 17.6 Å². The van der Waals surface area contributed by atoms with Crippen LogP contribution in [0.15, 0.2) is 83.7 Å². The molecule has 6 heteroatoms. The second kappa shape index (κ2) is 9.46. The summed E-state index contributed by atoms with van der Waals surface area (Å²) in [7, 11) is 0. The van der Waals surface area contributed by atoms with Gasteiger partial charge in [-0.05, 0) is 42.2 Å². The first-order valence-corrected chi connectivity index (χ1v) is 11.5. The van der Waals surface area contributed by atoms with Crippen molar-refractivity contribution in [1.82, 2.24) is 19.8 Å². The molecule has 1 amide bonds. The summed E-state index contributed by atoms with van der Waals surface area (Å²) in [6.07, 6.45) is 1.85. The minimum Gasteiger partial charge on any atom is -0.351 e. The van der Waals surface area contributed by atoms with Gasteiger partial charge < -0.3 is 15.2 Å². The maximum atomic E-state index is 12.9. The number of likely N-dealkylation sites (tertiary alicyclic amines) is 1. The number of H-pyrrole nitrogens is 1. The number of aromatic nitrogens is 2. The molecule has 6 nitrogen and oxygen atoms in total. The summed E-state index contributed by atoms with van der Waals surface area (Å²) in [6.45, 7) is 3.22. The summed E-state index contributed by atoms with van der Waals surface area (Å²) in [6, 6.07) is 25.8. The lowest BCUT2D eigenvalue weighted by Crippen LogP contribution is -2.41. The van der Waals surface area contributed by atoms with E-state index in [9.17, 15) is 9.59 Å². The molecule has 0 aliphatic carbocycles. The number of rotatable bonds is 6. The Kier molecular flexibility index (Phi) is 6.09. The molecule has 1 aliphatic heterocycles. The van der Waals surface area contributed by atoms with Gasteiger partial charge in [-0.15, -0.1) is 0 Å². The van der Waals surface area contributed by atoms with Crippen LogP contribution in [0.5, 0.6) is 0 Å². The van der Waals surface area contributed by atoms with Crippen molar-refractivity contribution in [2.45, 2.75) is 18.9 Å². The molecule has 0 saturated carbocycles.